The lowest BCUT2D eigenvalue weighted by molar-refractivity contribution is 0.166. The highest BCUT2D eigenvalue weighted by Gasteiger charge is 2.23. The van der Waals surface area contributed by atoms with Gasteiger partial charge in [-0.2, -0.15) is 8.42 Å². The quantitative estimate of drug-likeness (QED) is 0.576. The first-order valence-electron chi connectivity index (χ1n) is 3.36. The van der Waals surface area contributed by atoms with E-state index in [4.69, 9.17) is 4.18 Å². The van der Waals surface area contributed by atoms with Crippen molar-refractivity contribution >= 4 is 10.1 Å². The van der Waals surface area contributed by atoms with Crippen molar-refractivity contribution in [3.05, 3.63) is 6.42 Å². The minimum atomic E-state index is -3.20. The summed E-state index contributed by atoms with van der Waals surface area (Å²) >= 11 is 0. The second-order valence-electron chi connectivity index (χ2n) is 2.32. The molecule has 0 saturated heterocycles. The van der Waals surface area contributed by atoms with Crippen molar-refractivity contribution < 1.29 is 12.6 Å². The van der Waals surface area contributed by atoms with Crippen LogP contribution in [-0.2, 0) is 14.3 Å². The van der Waals surface area contributed by atoms with Gasteiger partial charge in [-0.3, -0.25) is 4.18 Å². The van der Waals surface area contributed by atoms with Crippen LogP contribution in [-0.4, -0.2) is 20.3 Å². The highest BCUT2D eigenvalue weighted by molar-refractivity contribution is 7.86. The molecule has 1 saturated carbocycles. The maximum absolute atomic E-state index is 10.8. The molecule has 1 aliphatic rings. The molecule has 0 unspecified atom stereocenters. The molecule has 1 aliphatic carbocycles. The molecule has 0 spiro atoms. The van der Waals surface area contributed by atoms with Gasteiger partial charge in [-0.1, -0.05) is 0 Å². The Morgan fingerprint density at radius 3 is 2.50 bits per heavy atom. The first-order chi connectivity index (χ1) is 4.64. The summed E-state index contributed by atoms with van der Waals surface area (Å²) in [5, 5.41) is 0. The lowest BCUT2D eigenvalue weighted by atomic mass is 9.97. The molecule has 0 bridgehead atoms. The SMILES string of the molecule is CCS(=O)(=O)OC1C[CH]C1. The Morgan fingerprint density at radius 1 is 1.60 bits per heavy atom. The molecule has 0 aromatic rings. The Bertz CT molecular complexity index is 191. The zero-order chi connectivity index (χ0) is 7.61. The molecule has 0 heterocycles. The average Bonchev–Trinajstić information content (AvgIpc) is 1.80. The van der Waals surface area contributed by atoms with E-state index in [1.165, 1.54) is 0 Å². The summed E-state index contributed by atoms with van der Waals surface area (Å²) in [6.45, 7) is 1.58. The Labute approximate surface area is 61.5 Å². The second-order valence-corrected chi connectivity index (χ2v) is 4.21. The molecule has 59 valence electrons. The van der Waals surface area contributed by atoms with Crippen molar-refractivity contribution in [2.45, 2.75) is 25.9 Å². The van der Waals surface area contributed by atoms with Gasteiger partial charge in [0.2, 0.25) is 0 Å². The Kier molecular flexibility index (Phi) is 2.31. The van der Waals surface area contributed by atoms with Gasteiger partial charge < -0.3 is 0 Å². The number of hydrogen-bond donors (Lipinski definition) is 0. The van der Waals surface area contributed by atoms with Crippen LogP contribution in [0.5, 0.6) is 0 Å². The average molecular weight is 163 g/mol. The van der Waals surface area contributed by atoms with Crippen molar-refractivity contribution in [3.63, 3.8) is 0 Å². The van der Waals surface area contributed by atoms with Crippen molar-refractivity contribution in [1.82, 2.24) is 0 Å². The minimum absolute atomic E-state index is 0.0649. The van der Waals surface area contributed by atoms with E-state index in [-0.39, 0.29) is 11.9 Å². The predicted molar refractivity (Wildman–Crippen MR) is 37.9 cm³/mol. The molecular weight excluding hydrogens is 152 g/mol. The number of hydrogen-bond acceptors (Lipinski definition) is 3. The summed E-state index contributed by atoms with van der Waals surface area (Å²) in [6, 6.07) is 0. The van der Waals surface area contributed by atoms with Crippen molar-refractivity contribution in [3.8, 4) is 0 Å². The molecule has 0 aromatic carbocycles. The van der Waals surface area contributed by atoms with E-state index in [0.717, 1.165) is 12.8 Å². The summed E-state index contributed by atoms with van der Waals surface area (Å²) in [5.41, 5.74) is 0. The van der Waals surface area contributed by atoms with Crippen LogP contribution < -0.4 is 0 Å². The van der Waals surface area contributed by atoms with Crippen LogP contribution in [0.4, 0.5) is 0 Å². The van der Waals surface area contributed by atoms with Gasteiger partial charge >= 0.3 is 0 Å². The molecule has 0 N–H and O–H groups in total. The molecule has 0 aliphatic heterocycles. The smallest absolute Gasteiger partial charge is 0.267 e. The van der Waals surface area contributed by atoms with Crippen LogP contribution in [0.2, 0.25) is 0 Å². The Morgan fingerprint density at radius 2 is 2.20 bits per heavy atom. The van der Waals surface area contributed by atoms with Crippen LogP contribution in [0.3, 0.4) is 0 Å². The Balaban J connectivity index is 2.36. The highest BCUT2D eigenvalue weighted by atomic mass is 32.2. The van der Waals surface area contributed by atoms with E-state index >= 15 is 0 Å². The molecule has 0 amide bonds. The predicted octanol–water partition coefficient (Wildman–Crippen LogP) is 0.719. The summed E-state index contributed by atoms with van der Waals surface area (Å²) in [6.07, 6.45) is 3.50. The first kappa shape index (κ1) is 8.01. The van der Waals surface area contributed by atoms with Crippen LogP contribution in [0.25, 0.3) is 0 Å². The van der Waals surface area contributed by atoms with Gasteiger partial charge in [0.25, 0.3) is 10.1 Å². The lowest BCUT2D eigenvalue weighted by Gasteiger charge is -2.23. The molecule has 3 nitrogen and oxygen atoms in total. The first-order valence-corrected chi connectivity index (χ1v) is 4.94. The van der Waals surface area contributed by atoms with Gasteiger partial charge in [0.05, 0.1) is 11.9 Å². The molecule has 0 aromatic heterocycles. The van der Waals surface area contributed by atoms with Gasteiger partial charge in [-0.25, -0.2) is 0 Å². The molecule has 4 heteroatoms. The summed E-state index contributed by atoms with van der Waals surface area (Å²) in [7, 11) is -3.20. The van der Waals surface area contributed by atoms with Crippen molar-refractivity contribution in [2.75, 3.05) is 5.75 Å². The van der Waals surface area contributed by atoms with Gasteiger partial charge in [0, 0.05) is 0 Å². The third kappa shape index (κ3) is 1.95. The maximum atomic E-state index is 10.8. The second kappa shape index (κ2) is 2.88. The maximum Gasteiger partial charge on any atom is 0.267 e. The van der Waals surface area contributed by atoms with Crippen molar-refractivity contribution in [2.24, 2.45) is 0 Å². The summed E-state index contributed by atoms with van der Waals surface area (Å²) in [5.74, 6) is 0.0729. The van der Waals surface area contributed by atoms with Gasteiger partial charge in [0.15, 0.2) is 0 Å². The summed E-state index contributed by atoms with van der Waals surface area (Å²) < 4.78 is 26.3. The fraction of sp³-hybridized carbons (Fsp3) is 0.833. The normalized spacial score (nSPS) is 20.5. The third-order valence-corrected chi connectivity index (χ3v) is 2.77. The Hall–Kier alpha value is -0.0900. The van der Waals surface area contributed by atoms with Gasteiger partial charge in [-0.05, 0) is 26.2 Å². The zero-order valence-corrected chi connectivity index (χ0v) is 6.73. The molecule has 1 rings (SSSR count). The third-order valence-electron chi connectivity index (χ3n) is 1.50. The van der Waals surface area contributed by atoms with E-state index in [1.807, 2.05) is 6.42 Å². The minimum Gasteiger partial charge on any atom is -0.267 e. The topological polar surface area (TPSA) is 43.4 Å². The fourth-order valence-electron chi connectivity index (χ4n) is 0.657. The molecule has 1 radical (unpaired) electrons. The molecule has 10 heavy (non-hydrogen) atoms. The van der Waals surface area contributed by atoms with Crippen LogP contribution in [0, 0.1) is 6.42 Å². The zero-order valence-electron chi connectivity index (χ0n) is 5.91. The van der Waals surface area contributed by atoms with Crippen LogP contribution in [0.15, 0.2) is 0 Å². The van der Waals surface area contributed by atoms with E-state index < -0.39 is 10.1 Å². The largest absolute Gasteiger partial charge is 0.267 e. The summed E-state index contributed by atoms with van der Waals surface area (Å²) in [4.78, 5) is 0. The van der Waals surface area contributed by atoms with Crippen molar-refractivity contribution in [1.29, 1.82) is 0 Å². The van der Waals surface area contributed by atoms with Gasteiger partial charge in [0.1, 0.15) is 0 Å². The van der Waals surface area contributed by atoms with Gasteiger partial charge in [-0.15, -0.1) is 0 Å². The van der Waals surface area contributed by atoms with Crippen LogP contribution in [0.1, 0.15) is 19.8 Å². The highest BCUT2D eigenvalue weighted by Crippen LogP contribution is 2.22. The molecule has 1 fully saturated rings. The molecule has 0 atom stereocenters. The van der Waals surface area contributed by atoms with E-state index in [0.29, 0.717) is 0 Å². The van der Waals surface area contributed by atoms with E-state index in [9.17, 15) is 8.42 Å². The molecular formula is C6H11O3S. The number of rotatable bonds is 3. The standard InChI is InChI=1S/C6H11O3S/c1-2-10(7,8)9-6-4-3-5-6/h3,6H,2,4-5H2,1H3. The lowest BCUT2D eigenvalue weighted by Crippen LogP contribution is -2.26. The monoisotopic (exact) mass is 163 g/mol. The fourth-order valence-corrected chi connectivity index (χ4v) is 1.36. The van der Waals surface area contributed by atoms with Crippen LogP contribution >= 0.6 is 0 Å². The van der Waals surface area contributed by atoms with E-state index in [2.05, 4.69) is 0 Å². The van der Waals surface area contributed by atoms with E-state index in [1.54, 1.807) is 6.92 Å².